The summed E-state index contributed by atoms with van der Waals surface area (Å²) in [5.41, 5.74) is 4.17. The molecule has 1 aliphatic rings. The highest BCUT2D eigenvalue weighted by Gasteiger charge is 2.34. The van der Waals surface area contributed by atoms with Gasteiger partial charge in [-0.15, -0.1) is 5.10 Å². The molecule has 3 heterocycles. The number of pyridine rings is 1. The first-order valence-electron chi connectivity index (χ1n) is 10.6. The minimum absolute atomic E-state index is 0.187. The van der Waals surface area contributed by atoms with Gasteiger partial charge in [0.2, 0.25) is 11.1 Å². The molecule has 0 aliphatic carbocycles. The van der Waals surface area contributed by atoms with E-state index in [1.807, 2.05) is 67.6 Å². The monoisotopic (exact) mass is 454 g/mol. The Kier molecular flexibility index (Phi) is 5.91. The maximum atomic E-state index is 13.4. The molecule has 8 heteroatoms. The Balaban J connectivity index is 1.48. The molecule has 2 aromatic heterocycles. The number of anilines is 2. The minimum atomic E-state index is -0.425. The van der Waals surface area contributed by atoms with Gasteiger partial charge in [0.15, 0.2) is 0 Å². The summed E-state index contributed by atoms with van der Waals surface area (Å²) in [7, 11) is 0. The van der Waals surface area contributed by atoms with E-state index in [0.717, 1.165) is 22.7 Å². The van der Waals surface area contributed by atoms with Crippen LogP contribution in [0.3, 0.4) is 0 Å². The van der Waals surface area contributed by atoms with Crippen LogP contribution in [-0.2, 0) is 10.5 Å². The lowest BCUT2D eigenvalue weighted by atomic mass is 9.96. The number of nitrogens with zero attached hydrogens (tertiary/aromatic N) is 4. The van der Waals surface area contributed by atoms with Crippen molar-refractivity contribution in [1.82, 2.24) is 19.7 Å². The third kappa shape index (κ3) is 4.51. The van der Waals surface area contributed by atoms with Crippen LogP contribution in [0.4, 0.5) is 11.6 Å². The summed E-state index contributed by atoms with van der Waals surface area (Å²) in [5, 5.41) is 11.7. The van der Waals surface area contributed by atoms with Gasteiger partial charge in [0, 0.05) is 29.5 Å². The van der Waals surface area contributed by atoms with Crippen molar-refractivity contribution in [2.45, 2.75) is 23.9 Å². The predicted molar refractivity (Wildman–Crippen MR) is 130 cm³/mol. The van der Waals surface area contributed by atoms with Gasteiger partial charge in [-0.05, 0) is 42.3 Å². The Morgan fingerprint density at radius 1 is 1.03 bits per heavy atom. The van der Waals surface area contributed by atoms with Crippen LogP contribution in [0.25, 0.3) is 0 Å². The number of carbonyl (C=O) groups is 1. The molecular weight excluding hydrogens is 432 g/mol. The van der Waals surface area contributed by atoms with Crippen LogP contribution in [0, 0.1) is 0 Å². The highest BCUT2D eigenvalue weighted by molar-refractivity contribution is 7.98. The molecule has 7 nitrogen and oxygen atoms in total. The van der Waals surface area contributed by atoms with Gasteiger partial charge >= 0.3 is 0 Å². The highest BCUT2D eigenvalue weighted by atomic mass is 32.2. The largest absolute Gasteiger partial charge is 0.328 e. The van der Waals surface area contributed by atoms with Crippen LogP contribution in [0.1, 0.15) is 24.1 Å². The molecule has 4 aromatic rings. The molecule has 0 saturated heterocycles. The first-order valence-corrected chi connectivity index (χ1v) is 11.5. The van der Waals surface area contributed by atoms with E-state index in [0.29, 0.717) is 16.7 Å². The summed E-state index contributed by atoms with van der Waals surface area (Å²) in [4.78, 5) is 22.2. The number of allylic oxidation sites excluding steroid dienone is 1. The predicted octanol–water partition coefficient (Wildman–Crippen LogP) is 4.89. The van der Waals surface area contributed by atoms with Crippen molar-refractivity contribution in [1.29, 1.82) is 0 Å². The van der Waals surface area contributed by atoms with Gasteiger partial charge in [0.05, 0.1) is 5.57 Å². The number of amides is 1. The molecule has 0 bridgehead atoms. The first kappa shape index (κ1) is 21.0. The number of aromatic nitrogens is 4. The molecule has 164 valence electrons. The zero-order valence-electron chi connectivity index (χ0n) is 18.0. The van der Waals surface area contributed by atoms with E-state index in [4.69, 9.17) is 10.1 Å². The SMILES string of the molecule is CC1=C(C(=O)Nc2ccccc2)C(c2ccncc2)n2nc(SCc3ccccc3)nc2N1. The van der Waals surface area contributed by atoms with E-state index in [1.165, 1.54) is 5.56 Å². The van der Waals surface area contributed by atoms with Gasteiger partial charge < -0.3 is 10.6 Å². The molecule has 33 heavy (non-hydrogen) atoms. The lowest BCUT2D eigenvalue weighted by Gasteiger charge is -2.28. The fourth-order valence-corrected chi connectivity index (χ4v) is 4.57. The standard InChI is InChI=1S/C25H22N6OS/c1-17-21(23(32)28-20-10-6-3-7-11-20)22(19-12-14-26-15-13-19)31-24(27-17)29-25(30-31)33-16-18-8-4-2-5-9-18/h2-15,22H,16H2,1H3,(H,28,32)(H,27,29,30). The van der Waals surface area contributed by atoms with Crippen LogP contribution in [0.5, 0.6) is 0 Å². The van der Waals surface area contributed by atoms with Crippen molar-refractivity contribution in [2.75, 3.05) is 10.6 Å². The molecular formula is C25H22N6OS. The van der Waals surface area contributed by atoms with E-state index in [-0.39, 0.29) is 5.91 Å². The zero-order valence-corrected chi connectivity index (χ0v) is 18.8. The molecule has 2 aromatic carbocycles. The Hall–Kier alpha value is -3.91. The average molecular weight is 455 g/mol. The number of hydrogen-bond donors (Lipinski definition) is 2. The smallest absolute Gasteiger partial charge is 0.255 e. The fourth-order valence-electron chi connectivity index (χ4n) is 3.78. The first-order chi connectivity index (χ1) is 16.2. The van der Waals surface area contributed by atoms with Gasteiger partial charge in [-0.3, -0.25) is 9.78 Å². The fraction of sp³-hybridized carbons (Fsp3) is 0.120. The third-order valence-electron chi connectivity index (χ3n) is 5.34. The summed E-state index contributed by atoms with van der Waals surface area (Å²) in [6, 6.07) is 23.0. The minimum Gasteiger partial charge on any atom is -0.328 e. The topological polar surface area (TPSA) is 84.7 Å². The maximum Gasteiger partial charge on any atom is 0.255 e. The lowest BCUT2D eigenvalue weighted by molar-refractivity contribution is -0.113. The van der Waals surface area contributed by atoms with Crippen molar-refractivity contribution in [3.05, 3.63) is 108 Å². The molecule has 0 saturated carbocycles. The number of rotatable bonds is 6. The molecule has 2 N–H and O–H groups in total. The van der Waals surface area contributed by atoms with Crippen LogP contribution in [0.15, 0.2) is 102 Å². The summed E-state index contributed by atoms with van der Waals surface area (Å²) in [6.45, 7) is 1.89. The molecule has 0 spiro atoms. The van der Waals surface area contributed by atoms with Crippen molar-refractivity contribution >= 4 is 29.3 Å². The number of para-hydroxylation sites is 1. The highest BCUT2D eigenvalue weighted by Crippen LogP contribution is 2.36. The number of fused-ring (bicyclic) bond motifs is 1. The summed E-state index contributed by atoms with van der Waals surface area (Å²) >= 11 is 1.56. The molecule has 0 fully saturated rings. The van der Waals surface area contributed by atoms with Gasteiger partial charge in [-0.2, -0.15) is 4.98 Å². The van der Waals surface area contributed by atoms with E-state index in [2.05, 4.69) is 27.8 Å². The summed E-state index contributed by atoms with van der Waals surface area (Å²) < 4.78 is 1.79. The summed E-state index contributed by atoms with van der Waals surface area (Å²) in [6.07, 6.45) is 3.45. The quantitative estimate of drug-likeness (QED) is 0.404. The number of carbonyl (C=O) groups excluding carboxylic acids is 1. The molecule has 5 rings (SSSR count). The average Bonchev–Trinajstić information content (AvgIpc) is 3.26. The molecule has 1 atom stereocenters. The van der Waals surface area contributed by atoms with Crippen LogP contribution >= 0.6 is 11.8 Å². The molecule has 0 radical (unpaired) electrons. The Morgan fingerprint density at radius 2 is 1.73 bits per heavy atom. The second kappa shape index (κ2) is 9.30. The van der Waals surface area contributed by atoms with Crippen molar-refractivity contribution in [3.8, 4) is 0 Å². The molecule has 1 amide bonds. The second-order valence-corrected chi connectivity index (χ2v) is 8.55. The number of thioether (sulfide) groups is 1. The normalized spacial score (nSPS) is 15.0. The van der Waals surface area contributed by atoms with E-state index in [9.17, 15) is 4.79 Å². The van der Waals surface area contributed by atoms with Gasteiger partial charge in [-0.1, -0.05) is 60.3 Å². The zero-order chi connectivity index (χ0) is 22.6. The van der Waals surface area contributed by atoms with Gasteiger partial charge in [0.25, 0.3) is 5.91 Å². The summed E-state index contributed by atoms with van der Waals surface area (Å²) in [5.74, 6) is 1.19. The number of benzene rings is 2. The van der Waals surface area contributed by atoms with E-state index < -0.39 is 6.04 Å². The lowest BCUT2D eigenvalue weighted by Crippen LogP contribution is -2.31. The van der Waals surface area contributed by atoms with Gasteiger partial charge in [0.1, 0.15) is 6.04 Å². The van der Waals surface area contributed by atoms with E-state index >= 15 is 0 Å². The van der Waals surface area contributed by atoms with Crippen LogP contribution < -0.4 is 10.6 Å². The van der Waals surface area contributed by atoms with Crippen molar-refractivity contribution in [3.63, 3.8) is 0 Å². The number of hydrogen-bond acceptors (Lipinski definition) is 6. The number of nitrogens with one attached hydrogen (secondary N) is 2. The second-order valence-electron chi connectivity index (χ2n) is 7.60. The Labute approximate surface area is 196 Å². The van der Waals surface area contributed by atoms with Crippen LogP contribution in [0.2, 0.25) is 0 Å². The third-order valence-corrected chi connectivity index (χ3v) is 6.25. The Morgan fingerprint density at radius 3 is 2.45 bits per heavy atom. The van der Waals surface area contributed by atoms with Crippen molar-refractivity contribution < 1.29 is 4.79 Å². The van der Waals surface area contributed by atoms with Crippen LogP contribution in [-0.4, -0.2) is 25.7 Å². The Bertz CT molecular complexity index is 1290. The maximum absolute atomic E-state index is 13.4. The van der Waals surface area contributed by atoms with E-state index in [1.54, 1.807) is 28.8 Å². The van der Waals surface area contributed by atoms with Crippen molar-refractivity contribution in [2.24, 2.45) is 0 Å². The molecule has 1 unspecified atom stereocenters. The molecule has 1 aliphatic heterocycles. The van der Waals surface area contributed by atoms with Gasteiger partial charge in [-0.25, -0.2) is 4.68 Å².